The Bertz CT molecular complexity index is 1060. The van der Waals surface area contributed by atoms with Crippen LogP contribution < -0.4 is 10.9 Å². The molecule has 1 fully saturated rings. The Hall–Kier alpha value is -3.09. The molecular weight excluding hydrogens is 354 g/mol. The summed E-state index contributed by atoms with van der Waals surface area (Å²) in [6.07, 6.45) is 7.57. The number of rotatable bonds is 3. The summed E-state index contributed by atoms with van der Waals surface area (Å²) in [5.41, 5.74) is 3.26. The molecule has 7 nitrogen and oxygen atoms in total. The van der Waals surface area contributed by atoms with Gasteiger partial charge in [-0.15, -0.1) is 0 Å². The molecule has 1 aliphatic heterocycles. The van der Waals surface area contributed by atoms with Crippen molar-refractivity contribution in [3.63, 3.8) is 0 Å². The Balaban J connectivity index is 1.61. The zero-order valence-corrected chi connectivity index (χ0v) is 15.6. The fraction of sp³-hybridized carbons (Fsp3) is 0.381. The van der Waals surface area contributed by atoms with Gasteiger partial charge in [-0.3, -0.25) is 24.5 Å². The van der Waals surface area contributed by atoms with Crippen LogP contribution in [0.25, 0.3) is 11.3 Å². The molecule has 0 saturated heterocycles. The van der Waals surface area contributed by atoms with Gasteiger partial charge in [-0.25, -0.2) is 0 Å². The van der Waals surface area contributed by atoms with Gasteiger partial charge in [0.25, 0.3) is 5.56 Å². The highest BCUT2D eigenvalue weighted by molar-refractivity contribution is 5.94. The quantitative estimate of drug-likeness (QED) is 0.651. The molecule has 1 atom stereocenters. The van der Waals surface area contributed by atoms with Crippen LogP contribution in [0, 0.1) is 0 Å². The van der Waals surface area contributed by atoms with Gasteiger partial charge < -0.3 is 5.32 Å². The van der Waals surface area contributed by atoms with Gasteiger partial charge >= 0.3 is 0 Å². The highest BCUT2D eigenvalue weighted by Crippen LogP contribution is 2.40. The van der Waals surface area contributed by atoms with Crippen LogP contribution in [0.15, 0.2) is 41.3 Å². The van der Waals surface area contributed by atoms with Crippen LogP contribution in [0.2, 0.25) is 0 Å². The van der Waals surface area contributed by atoms with Gasteiger partial charge in [0, 0.05) is 17.9 Å². The summed E-state index contributed by atoms with van der Waals surface area (Å²) in [6, 6.07) is 10.1. The molecule has 1 aromatic carbocycles. The van der Waals surface area contributed by atoms with E-state index in [1.807, 2.05) is 35.0 Å². The molecule has 0 spiro atoms. The highest BCUT2D eigenvalue weighted by Gasteiger charge is 2.36. The topological polar surface area (TPSA) is 95.6 Å². The minimum atomic E-state index is -0.314. The number of anilines is 1. The van der Waals surface area contributed by atoms with Crippen LogP contribution in [0.5, 0.6) is 0 Å². The van der Waals surface area contributed by atoms with E-state index in [1.165, 1.54) is 6.42 Å². The number of carbonyl (C=O) groups excluding carboxylic acids is 1. The molecule has 1 amide bonds. The van der Waals surface area contributed by atoms with Crippen molar-refractivity contribution in [2.24, 2.45) is 0 Å². The van der Waals surface area contributed by atoms with Crippen LogP contribution >= 0.6 is 0 Å². The first kappa shape index (κ1) is 17.0. The number of H-pyrrole nitrogens is 2. The maximum absolute atomic E-state index is 12.9. The molecule has 7 heteroatoms. The van der Waals surface area contributed by atoms with E-state index in [4.69, 9.17) is 0 Å². The van der Waals surface area contributed by atoms with Gasteiger partial charge in [0.15, 0.2) is 0 Å². The van der Waals surface area contributed by atoms with E-state index in [-0.39, 0.29) is 29.8 Å². The van der Waals surface area contributed by atoms with Crippen LogP contribution in [-0.4, -0.2) is 25.9 Å². The maximum Gasteiger partial charge on any atom is 0.270 e. The number of nitrogens with one attached hydrogen (secondary N) is 3. The standard InChI is InChI=1S/C21H23N5O2/c27-17-11-15(16-12-22-24-19(16)13-7-3-1-4-8-13)18-20(23-17)26(25-21(18)28)14-9-5-2-6-10-14/h1,3-4,7-8,12,14-15H,2,5-6,9-11H2,(H,22,24)(H,23,27)(H,25,28)/t15-/m0/s1. The van der Waals surface area contributed by atoms with Crippen molar-refractivity contribution >= 4 is 11.7 Å². The summed E-state index contributed by atoms with van der Waals surface area (Å²) in [5, 5.41) is 13.2. The average Bonchev–Trinajstić information content (AvgIpc) is 3.34. The van der Waals surface area contributed by atoms with Gasteiger partial charge in [0.1, 0.15) is 5.82 Å². The van der Waals surface area contributed by atoms with E-state index >= 15 is 0 Å². The van der Waals surface area contributed by atoms with Gasteiger partial charge in [-0.2, -0.15) is 5.10 Å². The van der Waals surface area contributed by atoms with Crippen molar-refractivity contribution in [1.82, 2.24) is 20.0 Å². The lowest BCUT2D eigenvalue weighted by atomic mass is 9.86. The summed E-state index contributed by atoms with van der Waals surface area (Å²) < 4.78 is 1.91. The minimum Gasteiger partial charge on any atom is -0.311 e. The first-order valence-electron chi connectivity index (χ1n) is 9.95. The first-order chi connectivity index (χ1) is 13.7. The van der Waals surface area contributed by atoms with E-state index in [2.05, 4.69) is 20.6 Å². The van der Waals surface area contributed by atoms with Crippen molar-refractivity contribution in [2.45, 2.75) is 50.5 Å². The van der Waals surface area contributed by atoms with Crippen LogP contribution in [-0.2, 0) is 4.79 Å². The number of hydrogen-bond acceptors (Lipinski definition) is 3. The lowest BCUT2D eigenvalue weighted by Gasteiger charge is -2.28. The van der Waals surface area contributed by atoms with E-state index in [0.717, 1.165) is 42.5 Å². The van der Waals surface area contributed by atoms with Gasteiger partial charge in [0.2, 0.25) is 5.91 Å². The molecule has 0 bridgehead atoms. The second-order valence-electron chi connectivity index (χ2n) is 7.74. The first-order valence-corrected chi connectivity index (χ1v) is 9.95. The zero-order valence-electron chi connectivity index (χ0n) is 15.6. The third kappa shape index (κ3) is 2.78. The Labute approximate surface area is 162 Å². The van der Waals surface area contributed by atoms with Crippen molar-refractivity contribution in [1.29, 1.82) is 0 Å². The Kier molecular flexibility index (Phi) is 4.15. The van der Waals surface area contributed by atoms with E-state index in [1.54, 1.807) is 6.20 Å². The SMILES string of the molecule is O=C1C[C@@H](c2cn[nH]c2-c2ccccc2)c2c(n(C3CCCCC3)[nH]c2=O)N1. The van der Waals surface area contributed by atoms with E-state index in [0.29, 0.717) is 11.4 Å². The summed E-state index contributed by atoms with van der Waals surface area (Å²) in [7, 11) is 0. The Morgan fingerprint density at radius 1 is 1.04 bits per heavy atom. The normalized spacial score (nSPS) is 20.0. The van der Waals surface area contributed by atoms with Crippen molar-refractivity contribution in [3.8, 4) is 11.3 Å². The number of carbonyl (C=O) groups is 1. The van der Waals surface area contributed by atoms with Crippen molar-refractivity contribution in [3.05, 3.63) is 58.0 Å². The average molecular weight is 377 g/mol. The number of hydrogen-bond donors (Lipinski definition) is 3. The molecule has 0 radical (unpaired) electrons. The highest BCUT2D eigenvalue weighted by atomic mass is 16.2. The predicted octanol–water partition coefficient (Wildman–Crippen LogP) is 3.55. The summed E-state index contributed by atoms with van der Waals surface area (Å²) in [5.74, 6) is 0.255. The zero-order chi connectivity index (χ0) is 19.1. The molecule has 0 unspecified atom stereocenters. The second kappa shape index (κ2) is 6.82. The number of fused-ring (bicyclic) bond motifs is 1. The van der Waals surface area contributed by atoms with Crippen LogP contribution in [0.3, 0.4) is 0 Å². The molecular formula is C21H23N5O2. The summed E-state index contributed by atoms with van der Waals surface area (Å²) >= 11 is 0. The predicted molar refractivity (Wildman–Crippen MR) is 106 cm³/mol. The van der Waals surface area contributed by atoms with E-state index < -0.39 is 0 Å². The second-order valence-corrected chi connectivity index (χ2v) is 7.74. The summed E-state index contributed by atoms with van der Waals surface area (Å²) in [4.78, 5) is 25.5. The lowest BCUT2D eigenvalue weighted by Crippen LogP contribution is -2.27. The van der Waals surface area contributed by atoms with Crippen LogP contribution in [0.1, 0.15) is 61.6 Å². The van der Waals surface area contributed by atoms with Crippen molar-refractivity contribution in [2.75, 3.05) is 5.32 Å². The molecule has 28 heavy (non-hydrogen) atoms. The monoisotopic (exact) mass is 377 g/mol. The van der Waals surface area contributed by atoms with Crippen molar-refractivity contribution < 1.29 is 4.79 Å². The molecule has 144 valence electrons. The van der Waals surface area contributed by atoms with E-state index in [9.17, 15) is 9.59 Å². The smallest absolute Gasteiger partial charge is 0.270 e. The molecule has 1 aliphatic carbocycles. The Morgan fingerprint density at radius 2 is 1.82 bits per heavy atom. The van der Waals surface area contributed by atoms with Gasteiger partial charge in [-0.1, -0.05) is 49.6 Å². The third-order valence-electron chi connectivity index (χ3n) is 6.00. The van der Waals surface area contributed by atoms with Gasteiger partial charge in [0.05, 0.1) is 23.5 Å². The molecule has 5 rings (SSSR count). The number of amides is 1. The molecule has 2 aliphatic rings. The molecule has 2 aromatic heterocycles. The molecule has 3 N–H and O–H groups in total. The number of nitrogens with zero attached hydrogens (tertiary/aromatic N) is 2. The number of benzene rings is 1. The largest absolute Gasteiger partial charge is 0.311 e. The Morgan fingerprint density at radius 3 is 2.61 bits per heavy atom. The molecule has 3 aromatic rings. The van der Waals surface area contributed by atoms with Crippen LogP contribution in [0.4, 0.5) is 5.82 Å². The fourth-order valence-electron chi connectivity index (χ4n) is 4.66. The fourth-order valence-corrected chi connectivity index (χ4v) is 4.66. The summed E-state index contributed by atoms with van der Waals surface area (Å²) in [6.45, 7) is 0. The lowest BCUT2D eigenvalue weighted by molar-refractivity contribution is -0.116. The van der Waals surface area contributed by atoms with Gasteiger partial charge in [-0.05, 0) is 18.4 Å². The third-order valence-corrected chi connectivity index (χ3v) is 6.00. The molecule has 3 heterocycles. The minimum absolute atomic E-state index is 0.0683. The number of aromatic nitrogens is 4. The molecule has 1 saturated carbocycles. The maximum atomic E-state index is 12.9. The number of aromatic amines is 2.